The van der Waals surface area contributed by atoms with Crippen LogP contribution in [-0.2, 0) is 22.7 Å². The van der Waals surface area contributed by atoms with Crippen LogP contribution in [0.1, 0.15) is 36.1 Å². The number of alkyl halides is 3. The number of carbonyl (C=O) groups is 1. The number of benzene rings is 1. The molecule has 0 unspecified atom stereocenters. The van der Waals surface area contributed by atoms with Crippen molar-refractivity contribution in [2.24, 2.45) is 0 Å². The Morgan fingerprint density at radius 3 is 2.58 bits per heavy atom. The van der Waals surface area contributed by atoms with Gasteiger partial charge in [-0.1, -0.05) is 6.07 Å². The molecule has 2 fully saturated rings. The summed E-state index contributed by atoms with van der Waals surface area (Å²) >= 11 is 1.40. The molecule has 0 atom stereocenters. The highest BCUT2D eigenvalue weighted by atomic mass is 32.2. The average Bonchev–Trinajstić information content (AvgIpc) is 3.51. The van der Waals surface area contributed by atoms with Gasteiger partial charge in [0.25, 0.3) is 0 Å². The van der Waals surface area contributed by atoms with Gasteiger partial charge in [-0.2, -0.15) is 17.9 Å². The van der Waals surface area contributed by atoms with E-state index in [1.165, 1.54) is 35.7 Å². The Labute approximate surface area is 210 Å². The number of amides is 1. The molecule has 36 heavy (non-hydrogen) atoms. The molecule has 0 radical (unpaired) electrons. The molecule has 1 amide bonds. The number of fused-ring (bicyclic) bond motifs is 1. The van der Waals surface area contributed by atoms with Crippen molar-refractivity contribution in [3.8, 4) is 0 Å². The third-order valence-electron chi connectivity index (χ3n) is 7.03. The van der Waals surface area contributed by atoms with E-state index in [2.05, 4.69) is 14.7 Å². The van der Waals surface area contributed by atoms with Crippen LogP contribution in [0.2, 0.25) is 0 Å². The van der Waals surface area contributed by atoms with Gasteiger partial charge in [-0.25, -0.2) is 13.2 Å². The molecule has 0 aliphatic carbocycles. The van der Waals surface area contributed by atoms with Crippen LogP contribution in [0.5, 0.6) is 0 Å². The highest BCUT2D eigenvalue weighted by Crippen LogP contribution is 2.41. The van der Waals surface area contributed by atoms with Gasteiger partial charge in [-0.15, -0.1) is 16.4 Å². The topological polar surface area (TPSA) is 87.5 Å². The second-order valence-corrected chi connectivity index (χ2v) is 12.4. The highest BCUT2D eigenvalue weighted by Gasteiger charge is 2.44. The van der Waals surface area contributed by atoms with Crippen molar-refractivity contribution in [3.05, 3.63) is 47.0 Å². The van der Waals surface area contributed by atoms with Gasteiger partial charge in [0.15, 0.2) is 5.82 Å². The Balaban J connectivity index is 1.25. The molecule has 2 aliphatic rings. The van der Waals surface area contributed by atoms with Crippen LogP contribution in [0.25, 0.3) is 10.1 Å². The summed E-state index contributed by atoms with van der Waals surface area (Å²) in [5, 5.41) is 4.85. The van der Waals surface area contributed by atoms with Crippen LogP contribution in [-0.4, -0.2) is 65.5 Å². The van der Waals surface area contributed by atoms with Gasteiger partial charge in [0.2, 0.25) is 10.0 Å². The number of carbonyl (C=O) groups excluding carboxylic acids is 1. The van der Waals surface area contributed by atoms with Crippen LogP contribution in [0.3, 0.4) is 0 Å². The van der Waals surface area contributed by atoms with Crippen molar-refractivity contribution in [2.75, 3.05) is 30.6 Å². The molecule has 1 spiro atoms. The van der Waals surface area contributed by atoms with Crippen molar-refractivity contribution >= 4 is 43.3 Å². The monoisotopic (exact) mass is 541 g/mol. The van der Waals surface area contributed by atoms with Crippen molar-refractivity contribution < 1.29 is 26.4 Å². The first-order valence-electron chi connectivity index (χ1n) is 11.6. The number of thiophene rings is 1. The Morgan fingerprint density at radius 1 is 1.14 bits per heavy atom. The quantitative estimate of drug-likeness (QED) is 0.522. The summed E-state index contributed by atoms with van der Waals surface area (Å²) in [6.45, 7) is 2.68. The fraction of sp³-hybridized carbons (Fsp3) is 0.478. The largest absolute Gasteiger partial charge is 0.416 e. The summed E-state index contributed by atoms with van der Waals surface area (Å²) in [5.74, 6) is 0.0898. The maximum Gasteiger partial charge on any atom is 0.416 e. The van der Waals surface area contributed by atoms with Gasteiger partial charge >= 0.3 is 12.2 Å². The maximum absolute atomic E-state index is 13.1. The predicted octanol–water partition coefficient (Wildman–Crippen LogP) is 4.59. The van der Waals surface area contributed by atoms with Crippen molar-refractivity contribution in [1.29, 1.82) is 0 Å². The number of piperidine rings is 1. The average molecular weight is 542 g/mol. The summed E-state index contributed by atoms with van der Waals surface area (Å²) < 4.78 is 66.1. The number of rotatable bonds is 4. The number of nitrogens with zero attached hydrogens (tertiary/aromatic N) is 4. The zero-order chi connectivity index (χ0) is 25.7. The molecule has 0 saturated carbocycles. The van der Waals surface area contributed by atoms with Crippen molar-refractivity contribution in [1.82, 2.24) is 19.6 Å². The van der Waals surface area contributed by atoms with Crippen LogP contribution >= 0.6 is 11.3 Å². The number of sulfonamides is 1. The molecule has 3 aromatic rings. The van der Waals surface area contributed by atoms with E-state index in [9.17, 15) is 26.4 Å². The van der Waals surface area contributed by atoms with E-state index in [-0.39, 0.29) is 17.4 Å². The summed E-state index contributed by atoms with van der Waals surface area (Å²) in [5.41, 5.74) is -0.675. The summed E-state index contributed by atoms with van der Waals surface area (Å²) in [6, 6.07) is 6.99. The highest BCUT2D eigenvalue weighted by molar-refractivity contribution is 7.92. The van der Waals surface area contributed by atoms with Crippen LogP contribution in [0.15, 0.2) is 36.5 Å². The molecular formula is C23H26F3N5O3S2. The van der Waals surface area contributed by atoms with Crippen molar-refractivity contribution in [3.63, 3.8) is 0 Å². The number of halogens is 3. The van der Waals surface area contributed by atoms with E-state index in [4.69, 9.17) is 0 Å². The fourth-order valence-corrected chi connectivity index (χ4v) is 6.88. The first-order chi connectivity index (χ1) is 16.9. The van der Waals surface area contributed by atoms with Gasteiger partial charge in [-0.05, 0) is 55.8 Å². The minimum absolute atomic E-state index is 0.0444. The normalized spacial score (nSPS) is 18.8. The molecule has 13 heteroatoms. The van der Waals surface area contributed by atoms with Gasteiger partial charge in [-0.3, -0.25) is 9.62 Å². The molecule has 2 aliphatic heterocycles. The van der Waals surface area contributed by atoms with E-state index in [1.54, 1.807) is 4.90 Å². The van der Waals surface area contributed by atoms with Gasteiger partial charge in [0.1, 0.15) is 0 Å². The van der Waals surface area contributed by atoms with E-state index in [1.807, 2.05) is 6.07 Å². The lowest BCUT2D eigenvalue weighted by molar-refractivity contribution is -0.137. The van der Waals surface area contributed by atoms with Gasteiger partial charge in [0.05, 0.1) is 11.8 Å². The van der Waals surface area contributed by atoms with Crippen LogP contribution < -0.4 is 4.72 Å². The zero-order valence-corrected chi connectivity index (χ0v) is 21.2. The van der Waals surface area contributed by atoms with E-state index in [0.29, 0.717) is 24.3 Å². The Bertz CT molecular complexity index is 1390. The van der Waals surface area contributed by atoms with Crippen LogP contribution in [0, 0.1) is 0 Å². The van der Waals surface area contributed by atoms with E-state index in [0.717, 1.165) is 59.5 Å². The summed E-state index contributed by atoms with van der Waals surface area (Å²) in [7, 11) is -3.48. The zero-order valence-electron chi connectivity index (χ0n) is 19.6. The molecule has 0 bridgehead atoms. The smallest absolute Gasteiger partial charge is 0.323 e. The second-order valence-electron chi connectivity index (χ2n) is 9.50. The van der Waals surface area contributed by atoms with Crippen molar-refractivity contribution in [2.45, 2.75) is 43.9 Å². The Hall–Kier alpha value is -2.64. The number of nitrogens with one attached hydrogen (secondary N) is 1. The third-order valence-corrected chi connectivity index (χ3v) is 8.69. The SMILES string of the molecule is CS(=O)(=O)Nc1ccn(C(=O)N2CCC3(CCCN3Cc3cc4ccc(C(F)(F)F)cc4s3)CC2)n1. The molecule has 2 aromatic heterocycles. The summed E-state index contributed by atoms with van der Waals surface area (Å²) in [6.07, 6.45) is 1.73. The van der Waals surface area contributed by atoms with Gasteiger partial charge < -0.3 is 4.90 Å². The van der Waals surface area contributed by atoms with Crippen LogP contribution in [0.4, 0.5) is 23.8 Å². The number of aromatic nitrogens is 2. The maximum atomic E-state index is 13.1. The Morgan fingerprint density at radius 2 is 1.89 bits per heavy atom. The molecule has 2 saturated heterocycles. The lowest BCUT2D eigenvalue weighted by Gasteiger charge is -2.44. The molecule has 5 rings (SSSR count). The third kappa shape index (κ3) is 5.09. The minimum Gasteiger partial charge on any atom is -0.323 e. The standard InChI is InChI=1S/C23H26F3N5O3S2/c1-36(33,34)28-20-5-10-31(27-20)21(32)29-11-7-22(8-12-29)6-2-9-30(22)15-18-13-16-3-4-17(23(24,25)26)14-19(16)35-18/h3-5,10,13-14H,2,6-9,11-12,15H2,1H3,(H,27,28). The first-order valence-corrected chi connectivity index (χ1v) is 14.3. The predicted molar refractivity (Wildman–Crippen MR) is 131 cm³/mol. The van der Waals surface area contributed by atoms with E-state index >= 15 is 0 Å². The lowest BCUT2D eigenvalue weighted by Crippen LogP contribution is -2.53. The second kappa shape index (κ2) is 9.03. The molecule has 194 valence electrons. The summed E-state index contributed by atoms with van der Waals surface area (Å²) in [4.78, 5) is 18.1. The van der Waals surface area contributed by atoms with E-state index < -0.39 is 21.8 Å². The Kier molecular flexibility index (Phi) is 6.28. The molecular weight excluding hydrogens is 515 g/mol. The number of hydrogen-bond donors (Lipinski definition) is 1. The number of hydrogen-bond acceptors (Lipinski definition) is 6. The fourth-order valence-electron chi connectivity index (χ4n) is 5.27. The van der Waals surface area contributed by atoms with Gasteiger partial charge in [0, 0.05) is 47.0 Å². The minimum atomic E-state index is -4.36. The molecule has 1 N–H and O–H groups in total. The molecule has 1 aromatic carbocycles. The molecule has 4 heterocycles. The molecule has 8 nitrogen and oxygen atoms in total. The first kappa shape index (κ1) is 25.0. The number of anilines is 1. The lowest BCUT2D eigenvalue weighted by atomic mass is 9.85. The number of likely N-dealkylation sites (tertiary alicyclic amines) is 2.